The summed E-state index contributed by atoms with van der Waals surface area (Å²) in [5.41, 5.74) is 8.42. The van der Waals surface area contributed by atoms with Gasteiger partial charge in [0.15, 0.2) is 0 Å². The number of nitrogens with zero attached hydrogens (tertiary/aromatic N) is 2. The highest BCUT2D eigenvalue weighted by atomic mass is 32.1. The first-order chi connectivity index (χ1) is 15.4. The first-order valence-electron chi connectivity index (χ1n) is 10.7. The van der Waals surface area contributed by atoms with Crippen LogP contribution in [-0.4, -0.2) is 33.9 Å². The third kappa shape index (κ3) is 3.98. The van der Waals surface area contributed by atoms with Gasteiger partial charge in [0.1, 0.15) is 11.7 Å². The molecule has 2 fully saturated rings. The van der Waals surface area contributed by atoms with E-state index in [1.807, 2.05) is 36.6 Å². The van der Waals surface area contributed by atoms with Crippen molar-refractivity contribution in [2.45, 2.75) is 44.8 Å². The van der Waals surface area contributed by atoms with Crippen LogP contribution in [-0.2, 0) is 0 Å². The van der Waals surface area contributed by atoms with Gasteiger partial charge in [-0.15, -0.1) is 11.3 Å². The van der Waals surface area contributed by atoms with Crippen LogP contribution in [0.5, 0.6) is 5.88 Å². The van der Waals surface area contributed by atoms with Crippen molar-refractivity contribution >= 4 is 23.2 Å². The van der Waals surface area contributed by atoms with E-state index >= 15 is 0 Å². The molecule has 2 amide bonds. The summed E-state index contributed by atoms with van der Waals surface area (Å²) in [5.74, 6) is -0.285. The minimum atomic E-state index is -0.539. The normalized spacial score (nSPS) is 23.8. The van der Waals surface area contributed by atoms with Crippen LogP contribution >= 0.6 is 11.3 Å². The maximum absolute atomic E-state index is 12.8. The lowest BCUT2D eigenvalue weighted by molar-refractivity contribution is -0.0848. The summed E-state index contributed by atoms with van der Waals surface area (Å²) < 4.78 is 5.91. The number of rotatable bonds is 6. The number of nitrogens with two attached hydrogens (primary N) is 1. The van der Waals surface area contributed by atoms with Crippen molar-refractivity contribution in [3.8, 4) is 17.1 Å². The number of thiazole rings is 1. The predicted molar refractivity (Wildman–Crippen MR) is 122 cm³/mol. The second-order valence-corrected chi connectivity index (χ2v) is 9.84. The topological polar surface area (TPSA) is 107 Å². The van der Waals surface area contributed by atoms with Crippen LogP contribution in [0.2, 0.25) is 0 Å². The summed E-state index contributed by atoms with van der Waals surface area (Å²) in [6.07, 6.45) is 5.29. The zero-order chi connectivity index (χ0) is 22.3. The highest BCUT2D eigenvalue weighted by Crippen LogP contribution is 2.56. The second kappa shape index (κ2) is 8.02. The fraction of sp³-hybridized carbons (Fsp3) is 0.333. The molecule has 1 spiro atoms. The molecule has 5 rings (SSSR count). The van der Waals surface area contributed by atoms with E-state index in [0.717, 1.165) is 41.9 Å². The quantitative estimate of drug-likeness (QED) is 0.597. The average Bonchev–Trinajstić information content (AvgIpc) is 3.17. The molecule has 2 saturated carbocycles. The number of hydrogen-bond acceptors (Lipinski definition) is 6. The van der Waals surface area contributed by atoms with Gasteiger partial charge in [-0.2, -0.15) is 0 Å². The third-order valence-corrected chi connectivity index (χ3v) is 7.14. The van der Waals surface area contributed by atoms with Crippen LogP contribution < -0.4 is 15.8 Å². The highest BCUT2D eigenvalue weighted by molar-refractivity contribution is 7.09. The van der Waals surface area contributed by atoms with Gasteiger partial charge in [-0.05, 0) is 62.3 Å². The number of aromatic nitrogens is 2. The minimum Gasteiger partial charge on any atom is -0.474 e. The van der Waals surface area contributed by atoms with Crippen molar-refractivity contribution in [1.29, 1.82) is 0 Å². The fourth-order valence-electron chi connectivity index (χ4n) is 4.83. The van der Waals surface area contributed by atoms with E-state index in [9.17, 15) is 9.59 Å². The first kappa shape index (κ1) is 20.6. The number of nitrogens with one attached hydrogen (secondary N) is 1. The molecule has 0 unspecified atom stereocenters. The highest BCUT2D eigenvalue weighted by Gasteiger charge is 2.54. The molecule has 0 saturated heterocycles. The summed E-state index contributed by atoms with van der Waals surface area (Å²) in [6.45, 7) is 1.97. The van der Waals surface area contributed by atoms with Crippen molar-refractivity contribution in [2.24, 2.45) is 11.1 Å². The van der Waals surface area contributed by atoms with Gasteiger partial charge in [-0.3, -0.25) is 9.59 Å². The number of hydrogen-bond donors (Lipinski definition) is 2. The summed E-state index contributed by atoms with van der Waals surface area (Å²) >= 11 is 1.60. The molecule has 2 heterocycles. The van der Waals surface area contributed by atoms with Crippen molar-refractivity contribution in [3.63, 3.8) is 0 Å². The van der Waals surface area contributed by atoms with E-state index in [2.05, 4.69) is 15.3 Å². The van der Waals surface area contributed by atoms with E-state index in [4.69, 9.17) is 10.5 Å². The van der Waals surface area contributed by atoms with Crippen LogP contribution in [0.25, 0.3) is 11.3 Å². The van der Waals surface area contributed by atoms with Crippen LogP contribution in [0.15, 0.2) is 48.0 Å². The van der Waals surface area contributed by atoms with Gasteiger partial charge >= 0.3 is 0 Å². The summed E-state index contributed by atoms with van der Waals surface area (Å²) in [5, 5.41) is 6.17. The SMILES string of the molecule is Cc1nc(-c2cccc(C(=O)NC3CC4(C3)CC(Oc3ncccc3C(N)=O)C4)c2)cs1. The van der Waals surface area contributed by atoms with E-state index in [1.165, 1.54) is 0 Å². The molecule has 0 atom stereocenters. The van der Waals surface area contributed by atoms with Crippen molar-refractivity contribution in [1.82, 2.24) is 15.3 Å². The Morgan fingerprint density at radius 2 is 2.00 bits per heavy atom. The van der Waals surface area contributed by atoms with Gasteiger partial charge < -0.3 is 15.8 Å². The molecule has 8 heteroatoms. The molecule has 2 aromatic heterocycles. The Kier molecular flexibility index (Phi) is 5.17. The fourth-order valence-corrected chi connectivity index (χ4v) is 5.45. The van der Waals surface area contributed by atoms with E-state index in [1.54, 1.807) is 29.7 Å². The molecule has 2 aliphatic rings. The average molecular weight is 449 g/mol. The molecule has 164 valence electrons. The standard InChI is InChI=1S/C24H24N4O3S/c1-14-27-20(13-32-14)15-4-2-5-16(8-15)22(30)28-17-9-24(10-17)11-18(12-24)31-23-19(21(25)29)6-3-7-26-23/h2-8,13,17-18H,9-12H2,1H3,(H2,25,29)(H,28,30). The Morgan fingerprint density at radius 1 is 1.19 bits per heavy atom. The van der Waals surface area contributed by atoms with E-state index in [-0.39, 0.29) is 23.5 Å². The Balaban J connectivity index is 1.13. The number of primary amides is 1. The Labute approximate surface area is 190 Å². The Hall–Kier alpha value is -3.26. The zero-order valence-corrected chi connectivity index (χ0v) is 18.5. The Morgan fingerprint density at radius 3 is 2.72 bits per heavy atom. The van der Waals surface area contributed by atoms with E-state index in [0.29, 0.717) is 17.0 Å². The minimum absolute atomic E-state index is 0.0258. The van der Waals surface area contributed by atoms with E-state index < -0.39 is 5.91 Å². The number of ether oxygens (including phenoxy) is 1. The number of pyridine rings is 1. The molecule has 0 aliphatic heterocycles. The van der Waals surface area contributed by atoms with Gasteiger partial charge in [-0.1, -0.05) is 12.1 Å². The Bertz CT molecular complexity index is 1180. The monoisotopic (exact) mass is 448 g/mol. The molecule has 0 bridgehead atoms. The summed E-state index contributed by atoms with van der Waals surface area (Å²) in [6, 6.07) is 11.1. The molecule has 2 aliphatic carbocycles. The van der Waals surface area contributed by atoms with Crippen LogP contribution in [0.1, 0.15) is 51.4 Å². The number of carbonyl (C=O) groups is 2. The first-order valence-corrected chi connectivity index (χ1v) is 11.5. The van der Waals surface area contributed by atoms with Crippen molar-refractivity contribution in [2.75, 3.05) is 0 Å². The van der Waals surface area contributed by atoms with Gasteiger partial charge in [0.25, 0.3) is 11.8 Å². The molecule has 32 heavy (non-hydrogen) atoms. The lowest BCUT2D eigenvalue weighted by Gasteiger charge is -2.57. The summed E-state index contributed by atoms with van der Waals surface area (Å²) in [7, 11) is 0. The number of carbonyl (C=O) groups excluding carboxylic acids is 2. The van der Waals surface area contributed by atoms with Gasteiger partial charge in [0.05, 0.1) is 10.7 Å². The second-order valence-electron chi connectivity index (χ2n) is 8.78. The molecule has 0 radical (unpaired) electrons. The molecule has 7 nitrogen and oxygen atoms in total. The third-order valence-electron chi connectivity index (χ3n) is 6.37. The molecular formula is C24H24N4O3S. The zero-order valence-electron chi connectivity index (χ0n) is 17.7. The largest absolute Gasteiger partial charge is 0.474 e. The van der Waals surface area contributed by atoms with Gasteiger partial charge in [0, 0.05) is 28.7 Å². The molecular weight excluding hydrogens is 424 g/mol. The van der Waals surface area contributed by atoms with Crippen molar-refractivity contribution in [3.05, 3.63) is 64.1 Å². The predicted octanol–water partition coefficient (Wildman–Crippen LogP) is 3.73. The van der Waals surface area contributed by atoms with Crippen LogP contribution in [0.3, 0.4) is 0 Å². The lowest BCUT2D eigenvalue weighted by Crippen LogP contribution is -2.58. The number of amides is 2. The smallest absolute Gasteiger partial charge is 0.254 e. The molecule has 3 N–H and O–H groups in total. The maximum Gasteiger partial charge on any atom is 0.254 e. The van der Waals surface area contributed by atoms with Crippen LogP contribution in [0.4, 0.5) is 0 Å². The number of benzene rings is 1. The number of aryl methyl sites for hydroxylation is 1. The molecule has 3 aromatic rings. The van der Waals surface area contributed by atoms with Gasteiger partial charge in [0.2, 0.25) is 5.88 Å². The lowest BCUT2D eigenvalue weighted by atomic mass is 9.53. The maximum atomic E-state index is 12.8. The van der Waals surface area contributed by atoms with Crippen LogP contribution in [0, 0.1) is 12.3 Å². The van der Waals surface area contributed by atoms with Crippen molar-refractivity contribution < 1.29 is 14.3 Å². The molecule has 1 aromatic carbocycles. The van der Waals surface area contributed by atoms with Gasteiger partial charge in [-0.25, -0.2) is 9.97 Å². The summed E-state index contributed by atoms with van der Waals surface area (Å²) in [4.78, 5) is 32.9.